The molecule has 0 atom stereocenters. The van der Waals surface area contributed by atoms with Gasteiger partial charge in [-0.1, -0.05) is 24.3 Å². The van der Waals surface area contributed by atoms with Crippen LogP contribution in [0.25, 0.3) is 11.1 Å². The quantitative estimate of drug-likeness (QED) is 0.361. The third-order valence-electron chi connectivity index (χ3n) is 3.46. The fraction of sp³-hybridized carbons (Fsp3) is 0.200. The zero-order chi connectivity index (χ0) is 17.2. The zero-order valence-corrected chi connectivity index (χ0v) is 13.6. The van der Waals surface area contributed by atoms with Crippen LogP contribution in [-0.4, -0.2) is 30.1 Å². The van der Waals surface area contributed by atoms with E-state index in [4.69, 9.17) is 13.3 Å². The van der Waals surface area contributed by atoms with Gasteiger partial charge in [0.25, 0.3) is 0 Å². The van der Waals surface area contributed by atoms with Gasteiger partial charge in [0.2, 0.25) is 0 Å². The van der Waals surface area contributed by atoms with E-state index in [2.05, 4.69) is 0 Å². The van der Waals surface area contributed by atoms with Crippen LogP contribution < -0.4 is 5.19 Å². The normalized spacial score (nSPS) is 11.8. The Morgan fingerprint density at radius 2 is 1.26 bits per heavy atom. The van der Waals surface area contributed by atoms with Crippen LogP contribution in [0, 0.1) is 23.3 Å². The van der Waals surface area contributed by atoms with Crippen LogP contribution in [-0.2, 0) is 13.3 Å². The molecule has 23 heavy (non-hydrogen) atoms. The Labute approximate surface area is 131 Å². The van der Waals surface area contributed by atoms with Gasteiger partial charge in [0.1, 0.15) is 0 Å². The Hall–Kier alpha value is -1.74. The SMILES string of the molecule is CO[Si](OC)(OC)c1ccc(-c2cc(F)c(F)c(F)c2F)cc1. The summed E-state index contributed by atoms with van der Waals surface area (Å²) in [4.78, 5) is 0. The molecule has 0 aromatic heterocycles. The average molecular weight is 346 g/mol. The van der Waals surface area contributed by atoms with E-state index in [1.165, 1.54) is 45.6 Å². The molecule has 0 radical (unpaired) electrons. The van der Waals surface area contributed by atoms with Gasteiger partial charge in [-0.15, -0.1) is 0 Å². The molecule has 2 rings (SSSR count). The summed E-state index contributed by atoms with van der Waals surface area (Å²) in [5.41, 5.74) is -0.206. The van der Waals surface area contributed by atoms with E-state index in [1.54, 1.807) is 0 Å². The van der Waals surface area contributed by atoms with Gasteiger partial charge in [-0.3, -0.25) is 0 Å². The molecule has 0 spiro atoms. The van der Waals surface area contributed by atoms with Gasteiger partial charge < -0.3 is 13.3 Å². The summed E-state index contributed by atoms with van der Waals surface area (Å²) >= 11 is 0. The molecule has 2 aromatic carbocycles. The van der Waals surface area contributed by atoms with Gasteiger partial charge in [0.15, 0.2) is 23.3 Å². The van der Waals surface area contributed by atoms with E-state index in [9.17, 15) is 17.6 Å². The summed E-state index contributed by atoms with van der Waals surface area (Å²) in [7, 11) is 1.22. The topological polar surface area (TPSA) is 27.7 Å². The van der Waals surface area contributed by atoms with Crippen molar-refractivity contribution in [3.8, 4) is 11.1 Å². The highest BCUT2D eigenvalue weighted by Crippen LogP contribution is 2.27. The van der Waals surface area contributed by atoms with Crippen molar-refractivity contribution in [2.24, 2.45) is 0 Å². The maximum absolute atomic E-state index is 13.8. The monoisotopic (exact) mass is 346 g/mol. The van der Waals surface area contributed by atoms with E-state index in [1.807, 2.05) is 0 Å². The Morgan fingerprint density at radius 1 is 0.739 bits per heavy atom. The summed E-state index contributed by atoms with van der Waals surface area (Å²) in [6.07, 6.45) is 0. The van der Waals surface area contributed by atoms with Crippen molar-refractivity contribution in [2.45, 2.75) is 0 Å². The van der Waals surface area contributed by atoms with E-state index in [0.29, 0.717) is 11.3 Å². The molecular weight excluding hydrogens is 332 g/mol. The number of hydrogen-bond acceptors (Lipinski definition) is 3. The molecule has 8 heteroatoms. The standard InChI is InChI=1S/C15H14F4O3Si/c1-20-23(21-2,22-3)10-6-4-9(5-7-10)11-8-12(16)14(18)15(19)13(11)17/h4-8H,1-3H3. The van der Waals surface area contributed by atoms with Gasteiger partial charge in [-0.2, -0.15) is 0 Å². The Morgan fingerprint density at radius 3 is 1.74 bits per heavy atom. The van der Waals surface area contributed by atoms with E-state index >= 15 is 0 Å². The van der Waals surface area contributed by atoms with Crippen molar-refractivity contribution in [2.75, 3.05) is 21.3 Å². The van der Waals surface area contributed by atoms with Crippen LogP contribution in [0.2, 0.25) is 0 Å². The van der Waals surface area contributed by atoms with Crippen LogP contribution >= 0.6 is 0 Å². The van der Waals surface area contributed by atoms with Gasteiger partial charge in [0.05, 0.1) is 0 Å². The highest BCUT2D eigenvalue weighted by atomic mass is 28.4. The molecule has 3 nitrogen and oxygen atoms in total. The van der Waals surface area contributed by atoms with Crippen molar-refractivity contribution in [3.63, 3.8) is 0 Å². The van der Waals surface area contributed by atoms with Crippen molar-refractivity contribution < 1.29 is 30.8 Å². The molecule has 0 amide bonds. The lowest BCUT2D eigenvalue weighted by molar-refractivity contribution is 0.140. The summed E-state index contributed by atoms with van der Waals surface area (Å²) in [6, 6.07) is 6.52. The molecule has 0 heterocycles. The van der Waals surface area contributed by atoms with Crippen molar-refractivity contribution in [1.82, 2.24) is 0 Å². The minimum Gasteiger partial charge on any atom is -0.373 e. The van der Waals surface area contributed by atoms with E-state index < -0.39 is 32.1 Å². The molecule has 2 aromatic rings. The maximum Gasteiger partial charge on any atom is 0.536 e. The highest BCUT2D eigenvalue weighted by molar-refractivity contribution is 6.75. The van der Waals surface area contributed by atoms with Gasteiger partial charge in [-0.25, -0.2) is 17.6 Å². The maximum atomic E-state index is 13.8. The van der Waals surface area contributed by atoms with E-state index in [0.717, 1.165) is 0 Å². The largest absolute Gasteiger partial charge is 0.536 e. The second kappa shape index (κ2) is 6.79. The third kappa shape index (κ3) is 3.02. The summed E-state index contributed by atoms with van der Waals surface area (Å²) in [6.45, 7) is 0. The smallest absolute Gasteiger partial charge is 0.373 e. The predicted octanol–water partition coefficient (Wildman–Crippen LogP) is 3.00. The number of hydrogen-bond donors (Lipinski definition) is 0. The molecule has 0 fully saturated rings. The Kier molecular flexibility index (Phi) is 5.20. The van der Waals surface area contributed by atoms with Crippen LogP contribution in [0.3, 0.4) is 0 Å². The summed E-state index contributed by atoms with van der Waals surface area (Å²) in [5.74, 6) is -6.60. The second-order valence-electron chi connectivity index (χ2n) is 4.59. The summed E-state index contributed by atoms with van der Waals surface area (Å²) < 4.78 is 69.3. The first-order valence-corrected chi connectivity index (χ1v) is 8.22. The van der Waals surface area contributed by atoms with Crippen molar-refractivity contribution >= 4 is 14.0 Å². The molecule has 124 valence electrons. The fourth-order valence-corrected chi connectivity index (χ4v) is 4.02. The Bertz CT molecular complexity index is 695. The zero-order valence-electron chi connectivity index (χ0n) is 12.6. The third-order valence-corrected chi connectivity index (χ3v) is 6.11. The minimum atomic E-state index is -3.06. The Balaban J connectivity index is 2.49. The number of benzene rings is 2. The van der Waals surface area contributed by atoms with Crippen LogP contribution in [0.5, 0.6) is 0 Å². The molecule has 0 aliphatic rings. The first-order valence-electron chi connectivity index (χ1n) is 6.49. The molecule has 0 bridgehead atoms. The lowest BCUT2D eigenvalue weighted by atomic mass is 10.0. The van der Waals surface area contributed by atoms with Gasteiger partial charge >= 0.3 is 8.80 Å². The number of rotatable bonds is 5. The number of halogens is 4. The van der Waals surface area contributed by atoms with Crippen molar-refractivity contribution in [3.05, 3.63) is 53.6 Å². The first kappa shape index (κ1) is 17.6. The molecule has 0 unspecified atom stereocenters. The van der Waals surface area contributed by atoms with Crippen LogP contribution in [0.15, 0.2) is 30.3 Å². The molecule has 0 saturated carbocycles. The van der Waals surface area contributed by atoms with Crippen LogP contribution in [0.4, 0.5) is 17.6 Å². The summed E-state index contributed by atoms with van der Waals surface area (Å²) in [5, 5.41) is 0.581. The minimum absolute atomic E-state index is 0.176. The van der Waals surface area contributed by atoms with Gasteiger partial charge in [0, 0.05) is 32.1 Å². The highest BCUT2D eigenvalue weighted by Gasteiger charge is 2.40. The van der Waals surface area contributed by atoms with Gasteiger partial charge in [-0.05, 0) is 11.6 Å². The molecule has 0 N–H and O–H groups in total. The lowest BCUT2D eigenvalue weighted by Gasteiger charge is -2.24. The lowest BCUT2D eigenvalue weighted by Crippen LogP contribution is -2.54. The van der Waals surface area contributed by atoms with Crippen LogP contribution in [0.1, 0.15) is 0 Å². The molecular formula is C15H14F4O3Si. The fourth-order valence-electron chi connectivity index (χ4n) is 2.24. The van der Waals surface area contributed by atoms with E-state index in [-0.39, 0.29) is 11.1 Å². The first-order chi connectivity index (χ1) is 10.9. The molecule has 0 saturated heterocycles. The van der Waals surface area contributed by atoms with Crippen molar-refractivity contribution in [1.29, 1.82) is 0 Å². The predicted molar refractivity (Wildman–Crippen MR) is 78.1 cm³/mol. The average Bonchev–Trinajstić information content (AvgIpc) is 2.59. The molecule has 0 aliphatic heterocycles. The molecule has 0 aliphatic carbocycles. The second-order valence-corrected chi connectivity index (χ2v) is 7.51.